The van der Waals surface area contributed by atoms with Crippen molar-refractivity contribution >= 4 is 18.0 Å². The van der Waals surface area contributed by atoms with Gasteiger partial charge in [0.25, 0.3) is 5.91 Å². The van der Waals surface area contributed by atoms with Crippen molar-refractivity contribution in [3.05, 3.63) is 76.9 Å². The monoisotopic (exact) mass is 348 g/mol. The molecule has 1 N–H and O–H groups in total. The van der Waals surface area contributed by atoms with Gasteiger partial charge in [0.2, 0.25) is 0 Å². The largest absolute Gasteiger partial charge is 0.452 e. The highest BCUT2D eigenvalue weighted by atomic mass is 16.5. The fourth-order valence-corrected chi connectivity index (χ4v) is 2.30. The van der Waals surface area contributed by atoms with E-state index in [0.29, 0.717) is 12.1 Å². The van der Waals surface area contributed by atoms with Gasteiger partial charge in [-0.05, 0) is 48.2 Å². The van der Waals surface area contributed by atoms with E-state index in [2.05, 4.69) is 5.32 Å². The fraction of sp³-hybridized carbons (Fsp3) is 0.190. The van der Waals surface area contributed by atoms with Gasteiger partial charge in [0.05, 0.1) is 11.6 Å². The number of ether oxygens (including phenoxy) is 1. The van der Waals surface area contributed by atoms with Gasteiger partial charge >= 0.3 is 5.97 Å². The van der Waals surface area contributed by atoms with Crippen LogP contribution in [0.2, 0.25) is 0 Å². The zero-order chi connectivity index (χ0) is 18.8. The number of carbonyl (C=O) groups is 2. The van der Waals surface area contributed by atoms with Crippen LogP contribution < -0.4 is 5.32 Å². The predicted molar refractivity (Wildman–Crippen MR) is 99.0 cm³/mol. The second-order valence-corrected chi connectivity index (χ2v) is 5.70. The third-order valence-electron chi connectivity index (χ3n) is 3.77. The van der Waals surface area contributed by atoms with Crippen LogP contribution in [0.15, 0.2) is 54.6 Å². The van der Waals surface area contributed by atoms with Crippen molar-refractivity contribution in [3.8, 4) is 6.07 Å². The molecule has 0 atom stereocenters. The molecule has 0 heterocycles. The molecule has 2 aromatic carbocycles. The molecule has 0 aliphatic carbocycles. The lowest BCUT2D eigenvalue weighted by molar-refractivity contribution is -0.143. The zero-order valence-electron chi connectivity index (χ0n) is 14.6. The van der Waals surface area contributed by atoms with Crippen LogP contribution in [0.1, 0.15) is 22.3 Å². The van der Waals surface area contributed by atoms with Crippen LogP contribution in [0.3, 0.4) is 0 Å². The smallest absolute Gasteiger partial charge is 0.331 e. The maximum atomic E-state index is 11.7. The molecule has 0 saturated heterocycles. The minimum Gasteiger partial charge on any atom is -0.452 e. The van der Waals surface area contributed by atoms with Crippen molar-refractivity contribution < 1.29 is 14.3 Å². The maximum Gasteiger partial charge on any atom is 0.331 e. The van der Waals surface area contributed by atoms with Crippen molar-refractivity contribution in [1.29, 1.82) is 5.26 Å². The lowest BCUT2D eigenvalue weighted by Crippen LogP contribution is -2.30. The number of esters is 1. The van der Waals surface area contributed by atoms with Crippen molar-refractivity contribution in [1.82, 2.24) is 5.32 Å². The van der Waals surface area contributed by atoms with Crippen LogP contribution in [0.25, 0.3) is 6.08 Å². The van der Waals surface area contributed by atoms with Crippen LogP contribution in [0.4, 0.5) is 0 Å². The molecule has 0 spiro atoms. The van der Waals surface area contributed by atoms with Crippen molar-refractivity contribution in [2.24, 2.45) is 0 Å². The summed E-state index contributed by atoms with van der Waals surface area (Å²) in [5.41, 5.74) is 3.67. The number of amides is 1. The third kappa shape index (κ3) is 6.25. The van der Waals surface area contributed by atoms with Gasteiger partial charge in [0.1, 0.15) is 0 Å². The zero-order valence-corrected chi connectivity index (χ0v) is 14.6. The van der Waals surface area contributed by atoms with E-state index in [1.807, 2.05) is 37.3 Å². The Bertz CT molecular complexity index is 833. The highest BCUT2D eigenvalue weighted by molar-refractivity contribution is 5.89. The molecule has 0 bridgehead atoms. The van der Waals surface area contributed by atoms with Gasteiger partial charge in [0, 0.05) is 12.6 Å². The minimum absolute atomic E-state index is 0.315. The standard InChI is InChI=1S/C21H20N2O3/c1-16-4-2-3-5-19(16)12-13-23-20(24)15-26-21(25)11-10-17-6-8-18(14-22)9-7-17/h2-11H,12-13,15H2,1H3,(H,23,24)/b11-10+. The average Bonchev–Trinajstić information content (AvgIpc) is 2.66. The van der Waals surface area contributed by atoms with Gasteiger partial charge in [0.15, 0.2) is 6.61 Å². The molecule has 5 nitrogen and oxygen atoms in total. The van der Waals surface area contributed by atoms with Gasteiger partial charge in [-0.15, -0.1) is 0 Å². The van der Waals surface area contributed by atoms with Crippen molar-refractivity contribution in [2.45, 2.75) is 13.3 Å². The number of benzene rings is 2. The summed E-state index contributed by atoms with van der Waals surface area (Å²) in [6.07, 6.45) is 3.55. The first kappa shape index (κ1) is 18.9. The summed E-state index contributed by atoms with van der Waals surface area (Å²) < 4.78 is 4.91. The Labute approximate surface area is 152 Å². The first-order chi connectivity index (χ1) is 12.6. The number of hydrogen-bond acceptors (Lipinski definition) is 4. The molecule has 0 saturated carbocycles. The number of aryl methyl sites for hydroxylation is 1. The molecule has 0 unspecified atom stereocenters. The number of nitriles is 1. The number of hydrogen-bond donors (Lipinski definition) is 1. The summed E-state index contributed by atoms with van der Waals surface area (Å²) in [6.45, 7) is 2.20. The normalized spacial score (nSPS) is 10.3. The Kier molecular flexibility index (Phi) is 7.14. The molecule has 2 aromatic rings. The summed E-state index contributed by atoms with van der Waals surface area (Å²) in [6, 6.07) is 16.8. The van der Waals surface area contributed by atoms with Crippen LogP contribution in [-0.2, 0) is 20.7 Å². The molecule has 1 amide bonds. The molecule has 0 fully saturated rings. The third-order valence-corrected chi connectivity index (χ3v) is 3.77. The highest BCUT2D eigenvalue weighted by Crippen LogP contribution is 2.07. The van der Waals surface area contributed by atoms with E-state index in [1.165, 1.54) is 17.2 Å². The number of rotatable bonds is 7. The lowest BCUT2D eigenvalue weighted by Gasteiger charge is -2.07. The molecular weight excluding hydrogens is 328 g/mol. The van der Waals surface area contributed by atoms with Crippen LogP contribution in [-0.4, -0.2) is 25.0 Å². The first-order valence-electron chi connectivity index (χ1n) is 8.24. The molecular formula is C21H20N2O3. The van der Waals surface area contributed by atoms with E-state index in [1.54, 1.807) is 30.3 Å². The summed E-state index contributed by atoms with van der Waals surface area (Å²) >= 11 is 0. The van der Waals surface area contributed by atoms with Gasteiger partial charge in [-0.1, -0.05) is 36.4 Å². The fourth-order valence-electron chi connectivity index (χ4n) is 2.30. The summed E-state index contributed by atoms with van der Waals surface area (Å²) in [5.74, 6) is -0.929. The molecule has 26 heavy (non-hydrogen) atoms. The Morgan fingerprint density at radius 3 is 2.58 bits per heavy atom. The van der Waals surface area contributed by atoms with Crippen LogP contribution in [0, 0.1) is 18.3 Å². The average molecular weight is 348 g/mol. The van der Waals surface area contributed by atoms with Gasteiger partial charge in [-0.3, -0.25) is 4.79 Å². The summed E-state index contributed by atoms with van der Waals surface area (Å²) in [5, 5.41) is 11.5. The van der Waals surface area contributed by atoms with Gasteiger partial charge in [-0.2, -0.15) is 5.26 Å². The van der Waals surface area contributed by atoms with E-state index < -0.39 is 5.97 Å². The second-order valence-electron chi connectivity index (χ2n) is 5.70. The summed E-state index contributed by atoms with van der Waals surface area (Å²) in [4.78, 5) is 23.4. The van der Waals surface area contributed by atoms with E-state index in [4.69, 9.17) is 10.00 Å². The SMILES string of the molecule is Cc1ccccc1CCNC(=O)COC(=O)/C=C/c1ccc(C#N)cc1. The second kappa shape index (κ2) is 9.80. The lowest BCUT2D eigenvalue weighted by atomic mass is 10.1. The topological polar surface area (TPSA) is 79.2 Å². The molecule has 0 aliphatic rings. The predicted octanol–water partition coefficient (Wildman–Crippen LogP) is 2.78. The molecule has 0 radical (unpaired) electrons. The Balaban J connectivity index is 1.69. The molecule has 132 valence electrons. The first-order valence-corrected chi connectivity index (χ1v) is 8.24. The number of nitrogens with one attached hydrogen (secondary N) is 1. The minimum atomic E-state index is -0.594. The van der Waals surface area contributed by atoms with E-state index in [-0.39, 0.29) is 12.5 Å². The van der Waals surface area contributed by atoms with Crippen LogP contribution in [0.5, 0.6) is 0 Å². The van der Waals surface area contributed by atoms with Crippen molar-refractivity contribution in [2.75, 3.05) is 13.2 Å². The Morgan fingerprint density at radius 2 is 1.88 bits per heavy atom. The van der Waals surface area contributed by atoms with E-state index >= 15 is 0 Å². The van der Waals surface area contributed by atoms with Gasteiger partial charge in [-0.25, -0.2) is 4.79 Å². The maximum absolute atomic E-state index is 11.7. The highest BCUT2D eigenvalue weighted by Gasteiger charge is 2.05. The Hall–Kier alpha value is -3.39. The Morgan fingerprint density at radius 1 is 1.15 bits per heavy atom. The van der Waals surface area contributed by atoms with Gasteiger partial charge < -0.3 is 10.1 Å². The number of carbonyl (C=O) groups excluding carboxylic acids is 2. The summed E-state index contributed by atoms with van der Waals surface area (Å²) in [7, 11) is 0. The molecule has 5 heteroatoms. The molecule has 0 aromatic heterocycles. The molecule has 0 aliphatic heterocycles. The van der Waals surface area contributed by atoms with Crippen LogP contribution >= 0.6 is 0 Å². The van der Waals surface area contributed by atoms with E-state index in [0.717, 1.165) is 12.0 Å². The van der Waals surface area contributed by atoms with E-state index in [9.17, 15) is 9.59 Å². The number of nitrogens with zero attached hydrogens (tertiary/aromatic N) is 1. The quantitative estimate of drug-likeness (QED) is 0.616. The molecule has 2 rings (SSSR count). The van der Waals surface area contributed by atoms with Crippen molar-refractivity contribution in [3.63, 3.8) is 0 Å².